The molecule has 1 atom stereocenters. The largest absolute Gasteiger partial charge is 0.357 e. The predicted octanol–water partition coefficient (Wildman–Crippen LogP) is 1.91. The summed E-state index contributed by atoms with van der Waals surface area (Å²) in [5.41, 5.74) is 1.91. The molecule has 0 fully saturated rings. The van der Waals surface area contributed by atoms with Gasteiger partial charge in [-0.05, 0) is 49.2 Å². The Morgan fingerprint density at radius 1 is 1.06 bits per heavy atom. The van der Waals surface area contributed by atoms with Crippen LogP contribution in [-0.4, -0.2) is 63.2 Å². The molecule has 0 heterocycles. The minimum Gasteiger partial charge on any atom is -0.357 e. The zero-order valence-corrected chi connectivity index (χ0v) is 19.7. The van der Waals surface area contributed by atoms with E-state index in [1.54, 1.807) is 6.92 Å². The first-order chi connectivity index (χ1) is 15.0. The Balaban J connectivity index is 2.45. The molecular weight excluding hydrogens is 435 g/mol. The average molecular weight is 465 g/mol. The summed E-state index contributed by atoms with van der Waals surface area (Å²) in [5.74, 6) is -1.48. The standard InChI is InChI=1S/C22H29FN4O4S/c1-16-8-6-7-9-18(16)14-26(17(2)22(29)24-3)21(28)15-27(32(30,31)25(4)5)20-12-10-19(23)11-13-20/h6-13,17H,14-15H2,1-5H3,(H,24,29)/t17-/m0/s1. The molecule has 0 saturated heterocycles. The molecule has 2 rings (SSSR count). The van der Waals surface area contributed by atoms with Crippen LogP contribution in [0.15, 0.2) is 48.5 Å². The molecule has 8 nitrogen and oxygen atoms in total. The van der Waals surface area contributed by atoms with Crippen LogP contribution in [0.3, 0.4) is 0 Å². The van der Waals surface area contributed by atoms with Gasteiger partial charge in [-0.3, -0.25) is 9.59 Å². The van der Waals surface area contributed by atoms with Crippen molar-refractivity contribution in [2.75, 3.05) is 32.0 Å². The fourth-order valence-corrected chi connectivity index (χ4v) is 4.14. The first kappa shape index (κ1) is 25.3. The zero-order chi connectivity index (χ0) is 24.1. The smallest absolute Gasteiger partial charge is 0.304 e. The molecule has 2 aromatic carbocycles. The summed E-state index contributed by atoms with van der Waals surface area (Å²) < 4.78 is 41.2. The molecule has 0 aliphatic heterocycles. The molecular formula is C22H29FN4O4S. The third kappa shape index (κ3) is 5.83. The van der Waals surface area contributed by atoms with Crippen LogP contribution < -0.4 is 9.62 Å². The van der Waals surface area contributed by atoms with E-state index in [0.29, 0.717) is 0 Å². The second-order valence-corrected chi connectivity index (χ2v) is 9.58. The highest BCUT2D eigenvalue weighted by atomic mass is 32.2. The number of aryl methyl sites for hydroxylation is 1. The molecule has 1 N–H and O–H groups in total. The van der Waals surface area contributed by atoms with Gasteiger partial charge in [0.05, 0.1) is 5.69 Å². The number of amides is 2. The van der Waals surface area contributed by atoms with Crippen LogP contribution in [0.5, 0.6) is 0 Å². The molecule has 0 radical (unpaired) electrons. The van der Waals surface area contributed by atoms with Gasteiger partial charge in [-0.15, -0.1) is 0 Å². The van der Waals surface area contributed by atoms with E-state index in [0.717, 1.165) is 31.9 Å². The molecule has 0 saturated carbocycles. The Hall–Kier alpha value is -2.98. The second-order valence-electron chi connectivity index (χ2n) is 7.51. The van der Waals surface area contributed by atoms with Crippen molar-refractivity contribution in [2.24, 2.45) is 0 Å². The maximum absolute atomic E-state index is 13.4. The number of nitrogens with one attached hydrogen (secondary N) is 1. The molecule has 2 aromatic rings. The van der Waals surface area contributed by atoms with Crippen molar-refractivity contribution in [1.29, 1.82) is 0 Å². The van der Waals surface area contributed by atoms with E-state index < -0.39 is 34.5 Å². The first-order valence-corrected chi connectivity index (χ1v) is 11.4. The fourth-order valence-electron chi connectivity index (χ4n) is 3.09. The van der Waals surface area contributed by atoms with E-state index in [4.69, 9.17) is 0 Å². The highest BCUT2D eigenvalue weighted by molar-refractivity contribution is 7.90. The van der Waals surface area contributed by atoms with Gasteiger partial charge >= 0.3 is 10.2 Å². The van der Waals surface area contributed by atoms with Gasteiger partial charge in [0.1, 0.15) is 18.4 Å². The van der Waals surface area contributed by atoms with Crippen LogP contribution in [0, 0.1) is 12.7 Å². The summed E-state index contributed by atoms with van der Waals surface area (Å²) in [6.45, 7) is 3.04. The van der Waals surface area contributed by atoms with Crippen LogP contribution in [0.4, 0.5) is 10.1 Å². The molecule has 0 aromatic heterocycles. The lowest BCUT2D eigenvalue weighted by atomic mass is 10.1. The quantitative estimate of drug-likeness (QED) is 0.614. The zero-order valence-electron chi connectivity index (χ0n) is 18.9. The maximum Gasteiger partial charge on any atom is 0.304 e. The molecule has 0 bridgehead atoms. The maximum atomic E-state index is 13.4. The number of likely N-dealkylation sites (N-methyl/N-ethyl adjacent to an activating group) is 1. The van der Waals surface area contributed by atoms with Crippen LogP contribution in [0.25, 0.3) is 0 Å². The van der Waals surface area contributed by atoms with Gasteiger partial charge in [0.25, 0.3) is 0 Å². The van der Waals surface area contributed by atoms with Gasteiger partial charge in [0.15, 0.2) is 0 Å². The Bertz CT molecular complexity index is 1060. The number of halogens is 1. The van der Waals surface area contributed by atoms with E-state index in [-0.39, 0.29) is 18.1 Å². The summed E-state index contributed by atoms with van der Waals surface area (Å²) in [6, 6.07) is 11.4. The summed E-state index contributed by atoms with van der Waals surface area (Å²) in [4.78, 5) is 27.1. The summed E-state index contributed by atoms with van der Waals surface area (Å²) in [5, 5.41) is 2.53. The van der Waals surface area contributed by atoms with Gasteiger partial charge < -0.3 is 10.2 Å². The van der Waals surface area contributed by atoms with Crippen LogP contribution in [-0.2, 0) is 26.3 Å². The predicted molar refractivity (Wildman–Crippen MR) is 122 cm³/mol. The third-order valence-electron chi connectivity index (χ3n) is 5.15. The molecule has 10 heteroatoms. The van der Waals surface area contributed by atoms with Crippen LogP contribution >= 0.6 is 0 Å². The average Bonchev–Trinajstić information content (AvgIpc) is 2.76. The number of nitrogens with zero attached hydrogens (tertiary/aromatic N) is 3. The second kappa shape index (κ2) is 10.6. The molecule has 0 unspecified atom stereocenters. The van der Waals surface area contributed by atoms with Crippen molar-refractivity contribution in [3.63, 3.8) is 0 Å². The Kier molecular flexibility index (Phi) is 8.34. The molecule has 0 spiro atoms. The lowest BCUT2D eigenvalue weighted by Gasteiger charge is -2.32. The summed E-state index contributed by atoms with van der Waals surface area (Å²) >= 11 is 0. The Morgan fingerprint density at radius 3 is 2.19 bits per heavy atom. The molecule has 0 aliphatic carbocycles. The number of hydrogen-bond donors (Lipinski definition) is 1. The van der Waals surface area contributed by atoms with Crippen molar-refractivity contribution >= 4 is 27.7 Å². The lowest BCUT2D eigenvalue weighted by Crippen LogP contribution is -2.52. The molecule has 174 valence electrons. The van der Waals surface area contributed by atoms with Gasteiger partial charge in [-0.25, -0.2) is 8.70 Å². The number of anilines is 1. The minimum atomic E-state index is -4.07. The molecule has 2 amide bonds. The van der Waals surface area contributed by atoms with Crippen molar-refractivity contribution in [3.05, 3.63) is 65.5 Å². The number of carbonyl (C=O) groups excluding carboxylic acids is 2. The van der Waals surface area contributed by atoms with Crippen LogP contribution in [0.1, 0.15) is 18.1 Å². The SMILES string of the molecule is CNC(=O)[C@H](C)N(Cc1ccccc1C)C(=O)CN(c1ccc(F)cc1)S(=O)(=O)N(C)C. The number of rotatable bonds is 9. The van der Waals surface area contributed by atoms with Crippen LogP contribution in [0.2, 0.25) is 0 Å². The van der Waals surface area contributed by atoms with E-state index >= 15 is 0 Å². The Labute approximate surface area is 188 Å². The van der Waals surface area contributed by atoms with E-state index in [2.05, 4.69) is 5.32 Å². The van der Waals surface area contributed by atoms with Gasteiger partial charge in [0.2, 0.25) is 11.8 Å². The highest BCUT2D eigenvalue weighted by Gasteiger charge is 2.32. The number of benzene rings is 2. The molecule has 0 aliphatic rings. The number of carbonyl (C=O) groups is 2. The van der Waals surface area contributed by atoms with Crippen molar-refractivity contribution in [3.8, 4) is 0 Å². The first-order valence-electron chi connectivity index (χ1n) is 10.00. The monoisotopic (exact) mass is 464 g/mol. The highest BCUT2D eigenvalue weighted by Crippen LogP contribution is 2.21. The van der Waals surface area contributed by atoms with Gasteiger partial charge in [-0.1, -0.05) is 24.3 Å². The normalized spacial score (nSPS) is 12.3. The molecule has 32 heavy (non-hydrogen) atoms. The van der Waals surface area contributed by atoms with Gasteiger partial charge in [0, 0.05) is 27.7 Å². The van der Waals surface area contributed by atoms with E-state index in [1.165, 1.54) is 38.2 Å². The van der Waals surface area contributed by atoms with Crippen molar-refractivity contribution in [2.45, 2.75) is 26.4 Å². The van der Waals surface area contributed by atoms with Crippen molar-refractivity contribution < 1.29 is 22.4 Å². The number of hydrogen-bond acceptors (Lipinski definition) is 4. The van der Waals surface area contributed by atoms with E-state index in [9.17, 15) is 22.4 Å². The van der Waals surface area contributed by atoms with E-state index in [1.807, 2.05) is 31.2 Å². The Morgan fingerprint density at radius 2 is 1.66 bits per heavy atom. The third-order valence-corrected chi connectivity index (χ3v) is 6.97. The summed E-state index contributed by atoms with van der Waals surface area (Å²) in [7, 11) is 0.0827. The summed E-state index contributed by atoms with van der Waals surface area (Å²) in [6.07, 6.45) is 0. The lowest BCUT2D eigenvalue weighted by molar-refractivity contribution is -0.139. The fraction of sp³-hybridized carbons (Fsp3) is 0.364. The van der Waals surface area contributed by atoms with Crippen molar-refractivity contribution in [1.82, 2.24) is 14.5 Å². The topological polar surface area (TPSA) is 90.0 Å². The minimum absolute atomic E-state index is 0.124. The van der Waals surface area contributed by atoms with Gasteiger partial charge in [-0.2, -0.15) is 12.7 Å².